The van der Waals surface area contributed by atoms with Gasteiger partial charge in [0.05, 0.1) is 5.92 Å². The molecule has 1 aliphatic carbocycles. The SMILES string of the molecule is C[C@@H](NC(=O)N1C(=O)[C@H](Cc2ccnc(N)c2)[C@H]1C(=O)O)C1CCCCC1.O=C(O)C(F)(F)F. The zero-order valence-electron chi connectivity index (χ0n) is 18.4. The van der Waals surface area contributed by atoms with Gasteiger partial charge in [-0.1, -0.05) is 19.3 Å². The normalized spacial score (nSPS) is 21.5. The molecule has 2 heterocycles. The molecule has 13 heteroatoms. The summed E-state index contributed by atoms with van der Waals surface area (Å²) in [5.41, 5.74) is 6.36. The van der Waals surface area contributed by atoms with E-state index in [0.29, 0.717) is 11.7 Å². The standard InChI is InChI=1S/C19H26N4O4.C2HF3O2/c1-11(13-5-3-2-4-6-13)22-19(27)23-16(18(25)26)14(17(23)24)9-12-7-8-21-15(20)10-12;3-2(4,5)1(6)7/h7-8,10-11,13-14,16H,2-6,9H2,1H3,(H2,20,21)(H,22,27)(H,25,26);(H,6,7)/t11-,14-,16+;/m1./s1. The number of carbonyl (C=O) groups excluding carboxylic acids is 2. The van der Waals surface area contributed by atoms with Gasteiger partial charge in [0.25, 0.3) is 0 Å². The Kier molecular flexibility index (Phi) is 8.82. The summed E-state index contributed by atoms with van der Waals surface area (Å²) in [4.78, 5) is 50.4. The Labute approximate surface area is 193 Å². The van der Waals surface area contributed by atoms with Gasteiger partial charge in [-0.15, -0.1) is 0 Å². The van der Waals surface area contributed by atoms with Crippen LogP contribution in [0.15, 0.2) is 18.3 Å². The number of alkyl halides is 3. The molecule has 1 saturated carbocycles. The lowest BCUT2D eigenvalue weighted by atomic mass is 9.82. The molecule has 1 aliphatic heterocycles. The summed E-state index contributed by atoms with van der Waals surface area (Å²) in [7, 11) is 0. The number of hydrogen-bond acceptors (Lipinski definition) is 6. The first kappa shape index (κ1) is 26.9. The molecule has 0 spiro atoms. The van der Waals surface area contributed by atoms with Crippen LogP contribution in [-0.2, 0) is 20.8 Å². The van der Waals surface area contributed by atoms with Crippen LogP contribution in [0.5, 0.6) is 0 Å². The second kappa shape index (κ2) is 11.2. The van der Waals surface area contributed by atoms with Crippen molar-refractivity contribution in [2.24, 2.45) is 11.8 Å². The number of aromatic nitrogens is 1. The van der Waals surface area contributed by atoms with E-state index < -0.39 is 42.0 Å². The third-order valence-electron chi connectivity index (χ3n) is 5.94. The van der Waals surface area contributed by atoms with E-state index in [1.54, 1.807) is 12.1 Å². The average molecular weight is 488 g/mol. The summed E-state index contributed by atoms with van der Waals surface area (Å²) >= 11 is 0. The molecule has 2 aliphatic rings. The maximum atomic E-state index is 12.6. The molecule has 0 aromatic carbocycles. The van der Waals surface area contributed by atoms with E-state index in [9.17, 15) is 32.7 Å². The quantitative estimate of drug-likeness (QED) is 0.459. The minimum Gasteiger partial charge on any atom is -0.480 e. The van der Waals surface area contributed by atoms with Gasteiger partial charge in [-0.25, -0.2) is 24.3 Å². The number of amides is 3. The summed E-state index contributed by atoms with van der Waals surface area (Å²) in [6.07, 6.45) is 2.23. The van der Waals surface area contributed by atoms with Crippen molar-refractivity contribution in [3.63, 3.8) is 0 Å². The lowest BCUT2D eigenvalue weighted by Crippen LogP contribution is -2.69. The first-order chi connectivity index (χ1) is 15.8. The number of imide groups is 1. The molecule has 3 amide bonds. The Morgan fingerprint density at radius 2 is 1.82 bits per heavy atom. The smallest absolute Gasteiger partial charge is 0.480 e. The molecule has 0 radical (unpaired) electrons. The summed E-state index contributed by atoms with van der Waals surface area (Å²) < 4.78 is 31.7. The van der Waals surface area contributed by atoms with Crippen LogP contribution in [0.2, 0.25) is 0 Å². The number of hydrogen-bond donors (Lipinski definition) is 4. The van der Waals surface area contributed by atoms with E-state index in [0.717, 1.165) is 36.1 Å². The van der Waals surface area contributed by atoms with Gasteiger partial charge in [0, 0.05) is 12.2 Å². The van der Waals surface area contributed by atoms with Crippen molar-refractivity contribution in [1.29, 1.82) is 0 Å². The van der Waals surface area contributed by atoms with E-state index in [2.05, 4.69) is 10.3 Å². The van der Waals surface area contributed by atoms with Gasteiger partial charge in [-0.3, -0.25) is 4.79 Å². The number of pyridine rings is 1. The predicted octanol–water partition coefficient (Wildman–Crippen LogP) is 2.43. The summed E-state index contributed by atoms with van der Waals surface area (Å²) in [5, 5.41) is 19.5. The van der Waals surface area contributed by atoms with Crippen LogP contribution < -0.4 is 11.1 Å². The molecule has 3 atom stereocenters. The molecule has 34 heavy (non-hydrogen) atoms. The van der Waals surface area contributed by atoms with E-state index in [1.165, 1.54) is 12.6 Å². The third-order valence-corrected chi connectivity index (χ3v) is 5.94. The van der Waals surface area contributed by atoms with Gasteiger partial charge >= 0.3 is 24.1 Å². The highest BCUT2D eigenvalue weighted by Gasteiger charge is 2.54. The number of halogens is 3. The molecule has 10 nitrogen and oxygen atoms in total. The number of urea groups is 1. The molecule has 1 saturated heterocycles. The zero-order valence-corrected chi connectivity index (χ0v) is 18.4. The Morgan fingerprint density at radius 3 is 2.32 bits per heavy atom. The molecule has 2 fully saturated rings. The number of anilines is 1. The van der Waals surface area contributed by atoms with Crippen molar-refractivity contribution in [2.75, 3.05) is 5.73 Å². The zero-order chi connectivity index (χ0) is 25.6. The number of nitrogens with zero attached hydrogens (tertiary/aromatic N) is 2. The number of aliphatic carboxylic acids is 2. The van der Waals surface area contributed by atoms with E-state index in [1.807, 2.05) is 6.92 Å². The van der Waals surface area contributed by atoms with Crippen LogP contribution in [0.1, 0.15) is 44.6 Å². The Morgan fingerprint density at radius 1 is 1.24 bits per heavy atom. The van der Waals surface area contributed by atoms with Gasteiger partial charge in [-0.2, -0.15) is 13.2 Å². The van der Waals surface area contributed by atoms with Crippen molar-refractivity contribution >= 4 is 29.7 Å². The maximum absolute atomic E-state index is 12.6. The van der Waals surface area contributed by atoms with Gasteiger partial charge < -0.3 is 21.3 Å². The number of carboxylic acids is 2. The van der Waals surface area contributed by atoms with Crippen molar-refractivity contribution < 1.29 is 42.6 Å². The third kappa shape index (κ3) is 6.81. The molecule has 3 rings (SSSR count). The number of β-lactam (4-membered cyclic amide) rings is 1. The van der Waals surface area contributed by atoms with Crippen LogP contribution in [0.4, 0.5) is 23.8 Å². The number of nitrogens with two attached hydrogens (primary N) is 1. The number of carbonyl (C=O) groups is 4. The second-order valence-corrected chi connectivity index (χ2v) is 8.33. The predicted molar refractivity (Wildman–Crippen MR) is 112 cm³/mol. The van der Waals surface area contributed by atoms with Crippen molar-refractivity contribution in [1.82, 2.24) is 15.2 Å². The van der Waals surface area contributed by atoms with Gasteiger partial charge in [0.15, 0.2) is 6.04 Å². The van der Waals surface area contributed by atoms with Crippen molar-refractivity contribution in [3.8, 4) is 0 Å². The van der Waals surface area contributed by atoms with E-state index in [4.69, 9.17) is 15.6 Å². The maximum Gasteiger partial charge on any atom is 0.490 e. The molecule has 0 bridgehead atoms. The van der Waals surface area contributed by atoms with Gasteiger partial charge in [0.1, 0.15) is 5.82 Å². The lowest BCUT2D eigenvalue weighted by molar-refractivity contribution is -0.192. The monoisotopic (exact) mass is 488 g/mol. The fourth-order valence-corrected chi connectivity index (χ4v) is 4.15. The molecule has 188 valence electrons. The van der Waals surface area contributed by atoms with Crippen molar-refractivity contribution in [3.05, 3.63) is 23.9 Å². The Bertz CT molecular complexity index is 920. The molecule has 1 aromatic rings. The minimum atomic E-state index is -5.08. The van der Waals surface area contributed by atoms with Crippen LogP contribution in [0.3, 0.4) is 0 Å². The molecule has 1 aromatic heterocycles. The number of rotatable bonds is 5. The minimum absolute atomic E-state index is 0.0842. The van der Waals surface area contributed by atoms with E-state index in [-0.39, 0.29) is 12.5 Å². The first-order valence-corrected chi connectivity index (χ1v) is 10.7. The van der Waals surface area contributed by atoms with Gasteiger partial charge in [-0.05, 0) is 49.8 Å². The fraction of sp³-hybridized carbons (Fsp3) is 0.571. The highest BCUT2D eigenvalue weighted by atomic mass is 19.4. The number of nitrogens with one attached hydrogen (secondary N) is 1. The van der Waals surface area contributed by atoms with Gasteiger partial charge in [0.2, 0.25) is 5.91 Å². The average Bonchev–Trinajstić information content (AvgIpc) is 2.75. The van der Waals surface area contributed by atoms with Crippen LogP contribution in [0, 0.1) is 11.8 Å². The van der Waals surface area contributed by atoms with Crippen molar-refractivity contribution in [2.45, 2.75) is 63.7 Å². The van der Waals surface area contributed by atoms with Crippen LogP contribution in [0.25, 0.3) is 0 Å². The summed E-state index contributed by atoms with van der Waals surface area (Å²) in [6.45, 7) is 1.92. The summed E-state index contributed by atoms with van der Waals surface area (Å²) in [5.74, 6) is -4.50. The largest absolute Gasteiger partial charge is 0.490 e. The first-order valence-electron chi connectivity index (χ1n) is 10.7. The topological polar surface area (TPSA) is 163 Å². The molecular weight excluding hydrogens is 461 g/mol. The Hall–Kier alpha value is -3.38. The van der Waals surface area contributed by atoms with Crippen LogP contribution >= 0.6 is 0 Å². The number of nitrogen functional groups attached to an aromatic ring is 1. The fourth-order valence-electron chi connectivity index (χ4n) is 4.15. The second-order valence-electron chi connectivity index (χ2n) is 8.33. The number of likely N-dealkylation sites (tertiary alicyclic amines) is 1. The van der Waals surface area contributed by atoms with E-state index >= 15 is 0 Å². The molecule has 5 N–H and O–H groups in total. The number of carboxylic acid groups (broad SMARTS) is 2. The highest BCUT2D eigenvalue weighted by Crippen LogP contribution is 2.32. The summed E-state index contributed by atoms with van der Waals surface area (Å²) in [6, 6.07) is 1.44. The molecular formula is C21H27F3N4O6. The Balaban J connectivity index is 0.000000509. The lowest BCUT2D eigenvalue weighted by Gasteiger charge is -2.43. The highest BCUT2D eigenvalue weighted by molar-refractivity contribution is 6.07. The molecule has 0 unspecified atom stereocenters. The van der Waals surface area contributed by atoms with Crippen LogP contribution in [-0.4, -0.2) is 62.2 Å².